The third kappa shape index (κ3) is 4.54. The van der Waals surface area contributed by atoms with Crippen molar-refractivity contribution in [1.29, 1.82) is 0 Å². The van der Waals surface area contributed by atoms with E-state index in [0.29, 0.717) is 31.7 Å². The Hall–Kier alpha value is -2.18. The van der Waals surface area contributed by atoms with Crippen LogP contribution in [0.4, 0.5) is 0 Å². The lowest BCUT2D eigenvalue weighted by Crippen LogP contribution is -2.46. The van der Waals surface area contributed by atoms with E-state index >= 15 is 0 Å². The van der Waals surface area contributed by atoms with Crippen LogP contribution in [0, 0.1) is 0 Å². The van der Waals surface area contributed by atoms with E-state index in [1.165, 1.54) is 5.56 Å². The summed E-state index contributed by atoms with van der Waals surface area (Å²) in [7, 11) is -1.06. The van der Waals surface area contributed by atoms with E-state index in [0.717, 1.165) is 29.7 Å². The number of nitrogens with zero attached hydrogens (tertiary/aromatic N) is 1. The van der Waals surface area contributed by atoms with Crippen molar-refractivity contribution in [2.45, 2.75) is 44.7 Å². The number of amides is 1. The van der Waals surface area contributed by atoms with Gasteiger partial charge in [0, 0.05) is 30.3 Å². The van der Waals surface area contributed by atoms with E-state index in [4.69, 9.17) is 4.74 Å². The summed E-state index contributed by atoms with van der Waals surface area (Å²) in [5.41, 5.74) is 3.37. The maximum atomic E-state index is 12.9. The highest BCUT2D eigenvalue weighted by Gasteiger charge is 2.37. The maximum absolute atomic E-state index is 12.9. The molecular formula is C23H28N2O3S. The number of fused-ring (bicyclic) bond motifs is 5. The number of carbonyl (C=O) groups is 1. The minimum atomic E-state index is -1.06. The summed E-state index contributed by atoms with van der Waals surface area (Å²) in [6.07, 6.45) is 2.75. The van der Waals surface area contributed by atoms with Gasteiger partial charge < -0.3 is 9.64 Å². The van der Waals surface area contributed by atoms with Crippen molar-refractivity contribution in [1.82, 2.24) is 9.62 Å². The smallest absolute Gasteiger partial charge is 0.223 e. The molecule has 0 aromatic heterocycles. The lowest BCUT2D eigenvalue weighted by Gasteiger charge is -2.29. The van der Waals surface area contributed by atoms with Gasteiger partial charge in [-0.1, -0.05) is 49.4 Å². The second-order valence-corrected chi connectivity index (χ2v) is 9.16. The molecule has 0 radical (unpaired) electrons. The Morgan fingerprint density at radius 3 is 2.93 bits per heavy atom. The molecule has 2 aromatic rings. The molecule has 0 spiro atoms. The number of benzene rings is 2. The number of para-hydroxylation sites is 1. The van der Waals surface area contributed by atoms with Gasteiger partial charge in [0.2, 0.25) is 5.91 Å². The molecule has 0 aliphatic carbocycles. The largest absolute Gasteiger partial charge is 0.493 e. The van der Waals surface area contributed by atoms with Crippen LogP contribution in [-0.2, 0) is 22.2 Å². The second kappa shape index (κ2) is 9.09. The topological polar surface area (TPSA) is 58.6 Å². The number of ether oxygens (including phenoxy) is 1. The van der Waals surface area contributed by atoms with Crippen LogP contribution in [0.2, 0.25) is 0 Å². The maximum Gasteiger partial charge on any atom is 0.223 e. The Morgan fingerprint density at radius 2 is 2.07 bits per heavy atom. The first-order chi connectivity index (χ1) is 14.2. The molecule has 2 aliphatic rings. The monoisotopic (exact) mass is 412 g/mol. The van der Waals surface area contributed by atoms with Crippen molar-refractivity contribution < 1.29 is 13.7 Å². The van der Waals surface area contributed by atoms with Crippen molar-refractivity contribution in [3.05, 3.63) is 54.1 Å². The third-order valence-corrected chi connectivity index (χ3v) is 6.86. The normalized spacial score (nSPS) is 23.1. The lowest BCUT2D eigenvalue weighted by molar-refractivity contribution is -0.132. The van der Waals surface area contributed by atoms with Gasteiger partial charge in [-0.3, -0.25) is 4.79 Å². The van der Waals surface area contributed by atoms with Gasteiger partial charge in [-0.05, 0) is 36.5 Å². The average molecular weight is 413 g/mol. The summed E-state index contributed by atoms with van der Waals surface area (Å²) >= 11 is 0. The predicted molar refractivity (Wildman–Crippen MR) is 116 cm³/mol. The average Bonchev–Trinajstić information content (AvgIpc) is 3.13. The molecule has 1 N–H and O–H groups in total. The number of hydrogen-bond donors (Lipinski definition) is 1. The van der Waals surface area contributed by atoms with Crippen LogP contribution in [0.15, 0.2) is 48.5 Å². The van der Waals surface area contributed by atoms with E-state index in [1.807, 2.05) is 30.0 Å². The number of nitrogens with one attached hydrogen (secondary N) is 1. The van der Waals surface area contributed by atoms with E-state index in [1.54, 1.807) is 0 Å². The Labute approximate surface area is 175 Å². The molecule has 154 valence electrons. The molecule has 2 aliphatic heterocycles. The van der Waals surface area contributed by atoms with Gasteiger partial charge >= 0.3 is 0 Å². The first kappa shape index (κ1) is 20.1. The predicted octanol–water partition coefficient (Wildman–Crippen LogP) is 3.31. The molecular weight excluding hydrogens is 384 g/mol. The SMILES string of the molecule is CCS(=O)NC1CCN2C(=O)CCCOc3ccccc3-c3cccc(c3)CC12. The van der Waals surface area contributed by atoms with E-state index < -0.39 is 11.0 Å². The molecule has 2 heterocycles. The third-order valence-electron chi connectivity index (χ3n) is 5.77. The zero-order valence-electron chi connectivity index (χ0n) is 16.8. The standard InChI is InChI=1S/C23H28N2O3S/c1-2-29(27)24-20-12-13-25-21(20)16-17-7-5-8-18(15-17)19-9-3-4-10-22(19)28-14-6-11-23(25)26/h3-5,7-10,15,20-21,24H,2,6,11-14,16H2,1H3. The summed E-state index contributed by atoms with van der Waals surface area (Å²) in [6.45, 7) is 3.14. The highest BCUT2D eigenvalue weighted by Crippen LogP contribution is 2.32. The van der Waals surface area contributed by atoms with Crippen molar-refractivity contribution in [2.75, 3.05) is 18.9 Å². The van der Waals surface area contributed by atoms with Crippen molar-refractivity contribution in [3.63, 3.8) is 0 Å². The Morgan fingerprint density at radius 1 is 1.21 bits per heavy atom. The fourth-order valence-corrected chi connectivity index (χ4v) is 5.07. The minimum Gasteiger partial charge on any atom is -0.493 e. The molecule has 1 fully saturated rings. The molecule has 1 saturated heterocycles. The van der Waals surface area contributed by atoms with Crippen LogP contribution in [0.3, 0.4) is 0 Å². The first-order valence-corrected chi connectivity index (χ1v) is 11.7. The molecule has 3 atom stereocenters. The Bertz CT molecular complexity index is 901. The molecule has 1 amide bonds. The van der Waals surface area contributed by atoms with Crippen LogP contribution in [-0.4, -0.2) is 46.0 Å². The summed E-state index contributed by atoms with van der Waals surface area (Å²) in [5.74, 6) is 1.59. The second-order valence-electron chi connectivity index (χ2n) is 7.65. The first-order valence-electron chi connectivity index (χ1n) is 10.4. The number of hydrogen-bond acceptors (Lipinski definition) is 3. The summed E-state index contributed by atoms with van der Waals surface area (Å²) in [4.78, 5) is 14.9. The Balaban J connectivity index is 1.69. The van der Waals surface area contributed by atoms with Gasteiger partial charge in [0.25, 0.3) is 0 Å². The van der Waals surface area contributed by atoms with Crippen LogP contribution in [0.25, 0.3) is 11.1 Å². The summed E-state index contributed by atoms with van der Waals surface area (Å²) in [6, 6.07) is 16.6. The van der Waals surface area contributed by atoms with E-state index in [2.05, 4.69) is 35.1 Å². The number of rotatable bonds is 3. The molecule has 0 saturated carbocycles. The fourth-order valence-electron chi connectivity index (χ4n) is 4.29. The van der Waals surface area contributed by atoms with Gasteiger partial charge in [0.15, 0.2) is 0 Å². The minimum absolute atomic E-state index is 0.0187. The molecule has 2 bridgehead atoms. The zero-order chi connectivity index (χ0) is 20.2. The molecule has 2 aromatic carbocycles. The highest BCUT2D eigenvalue weighted by molar-refractivity contribution is 7.83. The van der Waals surface area contributed by atoms with Crippen LogP contribution in [0.1, 0.15) is 31.7 Å². The quantitative estimate of drug-likeness (QED) is 0.841. The van der Waals surface area contributed by atoms with Gasteiger partial charge in [-0.25, -0.2) is 8.93 Å². The van der Waals surface area contributed by atoms with Crippen LogP contribution < -0.4 is 9.46 Å². The molecule has 5 nitrogen and oxygen atoms in total. The van der Waals surface area contributed by atoms with Gasteiger partial charge in [0.05, 0.1) is 23.6 Å². The Kier molecular flexibility index (Phi) is 6.31. The van der Waals surface area contributed by atoms with Crippen LogP contribution in [0.5, 0.6) is 5.75 Å². The number of carbonyl (C=O) groups excluding carboxylic acids is 1. The van der Waals surface area contributed by atoms with Gasteiger partial charge in [-0.15, -0.1) is 0 Å². The van der Waals surface area contributed by atoms with Gasteiger partial charge in [-0.2, -0.15) is 0 Å². The van der Waals surface area contributed by atoms with Crippen molar-refractivity contribution in [2.24, 2.45) is 0 Å². The van der Waals surface area contributed by atoms with Crippen molar-refractivity contribution in [3.8, 4) is 16.9 Å². The molecule has 6 heteroatoms. The van der Waals surface area contributed by atoms with Crippen molar-refractivity contribution >= 4 is 16.9 Å². The molecule has 29 heavy (non-hydrogen) atoms. The molecule has 3 unspecified atom stereocenters. The van der Waals surface area contributed by atoms with Gasteiger partial charge in [0.1, 0.15) is 5.75 Å². The lowest BCUT2D eigenvalue weighted by atomic mass is 9.96. The fraction of sp³-hybridized carbons (Fsp3) is 0.435. The zero-order valence-corrected chi connectivity index (χ0v) is 17.6. The highest BCUT2D eigenvalue weighted by atomic mass is 32.2. The van der Waals surface area contributed by atoms with E-state index in [-0.39, 0.29) is 18.0 Å². The van der Waals surface area contributed by atoms with Crippen LogP contribution >= 0.6 is 0 Å². The molecule has 4 rings (SSSR count). The summed E-state index contributed by atoms with van der Waals surface area (Å²) in [5, 5.41) is 0. The van der Waals surface area contributed by atoms with E-state index in [9.17, 15) is 9.00 Å². The summed E-state index contributed by atoms with van der Waals surface area (Å²) < 4.78 is 21.4.